The molecule has 1 aromatic heterocycles. The van der Waals surface area contributed by atoms with Gasteiger partial charge in [-0.25, -0.2) is 9.07 Å². The van der Waals surface area contributed by atoms with Crippen molar-refractivity contribution in [2.24, 2.45) is 5.73 Å². The fourth-order valence-electron chi connectivity index (χ4n) is 1.53. The highest BCUT2D eigenvalue weighted by molar-refractivity contribution is 9.10. The Morgan fingerprint density at radius 1 is 1.43 bits per heavy atom. The van der Waals surface area contributed by atoms with Crippen LogP contribution in [0, 0.1) is 5.82 Å². The average Bonchev–Trinajstić information content (AvgIpc) is 2.74. The molecule has 0 aliphatic rings. The van der Waals surface area contributed by atoms with E-state index in [1.54, 1.807) is 6.07 Å². The first kappa shape index (κ1) is 14.9. The van der Waals surface area contributed by atoms with E-state index in [-0.39, 0.29) is 23.7 Å². The minimum absolute atomic E-state index is 0.0111. The third-order valence-electron chi connectivity index (χ3n) is 2.51. The van der Waals surface area contributed by atoms with Crippen LogP contribution >= 0.6 is 15.9 Å². The molecule has 0 atom stereocenters. The fraction of sp³-hybridized carbons (Fsp3) is 0.0909. The Morgan fingerprint density at radius 3 is 2.71 bits per heavy atom. The summed E-state index contributed by atoms with van der Waals surface area (Å²) in [4.78, 5) is 22.8. The van der Waals surface area contributed by atoms with Crippen molar-refractivity contribution in [2.45, 2.75) is 6.54 Å². The maximum Gasteiger partial charge on any atom is 0.273 e. The van der Waals surface area contributed by atoms with Crippen molar-refractivity contribution in [3.8, 4) is 0 Å². The Labute approximate surface area is 126 Å². The number of amides is 2. The summed E-state index contributed by atoms with van der Waals surface area (Å²) in [5.74, 6) is -2.15. The third-order valence-corrected chi connectivity index (χ3v) is 3.00. The molecule has 0 saturated carbocycles. The lowest BCUT2D eigenvalue weighted by atomic mass is 10.3. The lowest BCUT2D eigenvalue weighted by Gasteiger charge is -2.07. The lowest BCUT2D eigenvalue weighted by molar-refractivity contribution is -0.116. The summed E-state index contributed by atoms with van der Waals surface area (Å²) in [6, 6.07) is 4.19. The summed E-state index contributed by atoms with van der Waals surface area (Å²) in [6.07, 6.45) is 0. The zero-order valence-electron chi connectivity index (χ0n) is 10.5. The first-order valence-electron chi connectivity index (χ1n) is 5.62. The number of carbonyl (C=O) groups excluding carboxylic acids is 2. The van der Waals surface area contributed by atoms with E-state index in [0.29, 0.717) is 4.47 Å². The summed E-state index contributed by atoms with van der Waals surface area (Å²) in [6.45, 7) is -0.332. The lowest BCUT2D eigenvalue weighted by Crippen LogP contribution is -2.22. The van der Waals surface area contributed by atoms with Gasteiger partial charge in [-0.2, -0.15) is 0 Å². The number of primary amides is 1. The minimum Gasteiger partial charge on any atom is -0.382 e. The van der Waals surface area contributed by atoms with Crippen LogP contribution in [0.1, 0.15) is 10.5 Å². The topological polar surface area (TPSA) is 129 Å². The number of rotatable bonds is 4. The predicted octanol–water partition coefficient (Wildman–Crippen LogP) is 0.499. The first-order chi connectivity index (χ1) is 9.88. The summed E-state index contributed by atoms with van der Waals surface area (Å²) in [5.41, 5.74) is 10.4. The van der Waals surface area contributed by atoms with Gasteiger partial charge in [-0.1, -0.05) is 21.1 Å². The molecule has 21 heavy (non-hydrogen) atoms. The Bertz CT molecular complexity index is 717. The van der Waals surface area contributed by atoms with Crippen LogP contribution in [0.2, 0.25) is 0 Å². The molecule has 2 aromatic rings. The maximum atomic E-state index is 13.6. The van der Waals surface area contributed by atoms with Crippen molar-refractivity contribution in [1.82, 2.24) is 15.0 Å². The van der Waals surface area contributed by atoms with E-state index in [9.17, 15) is 14.0 Å². The quantitative estimate of drug-likeness (QED) is 0.734. The Morgan fingerprint density at radius 2 is 2.14 bits per heavy atom. The van der Waals surface area contributed by atoms with Gasteiger partial charge in [0.05, 0.1) is 5.69 Å². The molecular formula is C11H10BrFN6O2. The molecule has 2 rings (SSSR count). The Kier molecular flexibility index (Phi) is 4.17. The fourth-order valence-corrected chi connectivity index (χ4v) is 1.86. The number of aromatic nitrogens is 3. The molecule has 2 amide bonds. The van der Waals surface area contributed by atoms with Gasteiger partial charge >= 0.3 is 0 Å². The van der Waals surface area contributed by atoms with Crippen molar-refractivity contribution in [2.75, 3.05) is 11.1 Å². The van der Waals surface area contributed by atoms with Crippen molar-refractivity contribution in [3.05, 3.63) is 34.2 Å². The van der Waals surface area contributed by atoms with Gasteiger partial charge in [0, 0.05) is 4.47 Å². The van der Waals surface area contributed by atoms with E-state index in [4.69, 9.17) is 11.5 Å². The van der Waals surface area contributed by atoms with Crippen molar-refractivity contribution in [1.29, 1.82) is 0 Å². The number of carbonyl (C=O) groups is 2. The van der Waals surface area contributed by atoms with Crippen molar-refractivity contribution in [3.63, 3.8) is 0 Å². The highest BCUT2D eigenvalue weighted by Gasteiger charge is 2.17. The Balaban J connectivity index is 2.10. The summed E-state index contributed by atoms with van der Waals surface area (Å²) in [7, 11) is 0. The highest BCUT2D eigenvalue weighted by Crippen LogP contribution is 2.19. The van der Waals surface area contributed by atoms with Crippen LogP contribution in [0.4, 0.5) is 15.9 Å². The number of nitrogens with one attached hydrogen (secondary N) is 1. The molecule has 110 valence electrons. The second-order valence-electron chi connectivity index (χ2n) is 4.02. The number of hydrogen-bond donors (Lipinski definition) is 3. The number of benzene rings is 1. The van der Waals surface area contributed by atoms with Crippen LogP contribution in [-0.2, 0) is 11.3 Å². The number of halogens is 2. The molecule has 10 heteroatoms. The van der Waals surface area contributed by atoms with Crippen LogP contribution in [-0.4, -0.2) is 26.8 Å². The minimum atomic E-state index is -0.849. The molecule has 5 N–H and O–H groups in total. The normalized spacial score (nSPS) is 10.4. The molecule has 0 aliphatic carbocycles. The zero-order chi connectivity index (χ0) is 15.6. The van der Waals surface area contributed by atoms with E-state index in [1.165, 1.54) is 12.1 Å². The number of hydrogen-bond acceptors (Lipinski definition) is 5. The van der Waals surface area contributed by atoms with Crippen LogP contribution in [0.5, 0.6) is 0 Å². The van der Waals surface area contributed by atoms with E-state index < -0.39 is 17.6 Å². The second kappa shape index (κ2) is 5.87. The number of nitrogens with two attached hydrogens (primary N) is 2. The van der Waals surface area contributed by atoms with E-state index in [1.807, 2.05) is 0 Å². The molecule has 0 bridgehead atoms. The van der Waals surface area contributed by atoms with Gasteiger partial charge in [0.15, 0.2) is 11.5 Å². The standard InChI is InChI=1S/C11H10BrFN6O2/c12-5-1-2-7(6(13)3-5)16-8(20)4-19-10(14)9(11(15)21)17-18-19/h1-3H,4,14H2,(H2,15,21)(H,16,20). The molecule has 0 unspecified atom stereocenters. The highest BCUT2D eigenvalue weighted by atomic mass is 79.9. The molecule has 0 spiro atoms. The molecule has 0 saturated heterocycles. The van der Waals surface area contributed by atoms with E-state index >= 15 is 0 Å². The van der Waals surface area contributed by atoms with Crippen LogP contribution in [0.15, 0.2) is 22.7 Å². The summed E-state index contributed by atoms with van der Waals surface area (Å²) >= 11 is 3.11. The number of nitrogens with zero attached hydrogens (tertiary/aromatic N) is 3. The smallest absolute Gasteiger partial charge is 0.273 e. The zero-order valence-corrected chi connectivity index (χ0v) is 12.1. The molecule has 0 fully saturated rings. The van der Waals surface area contributed by atoms with E-state index in [0.717, 1.165) is 4.68 Å². The van der Waals surface area contributed by atoms with Crippen molar-refractivity contribution < 1.29 is 14.0 Å². The summed E-state index contributed by atoms with van der Waals surface area (Å²) in [5, 5.41) is 9.35. The molecule has 8 nitrogen and oxygen atoms in total. The number of anilines is 2. The van der Waals surface area contributed by atoms with Gasteiger partial charge in [0.1, 0.15) is 12.4 Å². The van der Waals surface area contributed by atoms with Crippen LogP contribution in [0.25, 0.3) is 0 Å². The Hall–Kier alpha value is -2.49. The predicted molar refractivity (Wildman–Crippen MR) is 75.7 cm³/mol. The van der Waals surface area contributed by atoms with Gasteiger partial charge in [-0.3, -0.25) is 9.59 Å². The van der Waals surface area contributed by atoms with Crippen LogP contribution in [0.3, 0.4) is 0 Å². The number of nitrogen functional groups attached to an aromatic ring is 1. The maximum absolute atomic E-state index is 13.6. The van der Waals surface area contributed by atoms with Crippen molar-refractivity contribution >= 4 is 39.2 Å². The molecular weight excluding hydrogens is 347 g/mol. The monoisotopic (exact) mass is 356 g/mol. The SMILES string of the molecule is NC(=O)c1nnn(CC(=O)Nc2ccc(Br)cc2F)c1N. The van der Waals surface area contributed by atoms with Gasteiger partial charge < -0.3 is 16.8 Å². The molecule has 1 aromatic carbocycles. The van der Waals surface area contributed by atoms with Crippen LogP contribution < -0.4 is 16.8 Å². The summed E-state index contributed by atoms with van der Waals surface area (Å²) < 4.78 is 15.1. The largest absolute Gasteiger partial charge is 0.382 e. The van der Waals surface area contributed by atoms with Gasteiger partial charge in [-0.05, 0) is 18.2 Å². The van der Waals surface area contributed by atoms with Gasteiger partial charge in [0.2, 0.25) is 5.91 Å². The average molecular weight is 357 g/mol. The van der Waals surface area contributed by atoms with Gasteiger partial charge in [0.25, 0.3) is 5.91 Å². The van der Waals surface area contributed by atoms with Gasteiger partial charge in [-0.15, -0.1) is 5.10 Å². The molecule has 1 heterocycles. The molecule has 0 radical (unpaired) electrons. The third kappa shape index (κ3) is 3.34. The molecule has 0 aliphatic heterocycles. The second-order valence-corrected chi connectivity index (χ2v) is 4.93. The van der Waals surface area contributed by atoms with E-state index in [2.05, 4.69) is 31.6 Å². The first-order valence-corrected chi connectivity index (χ1v) is 6.41.